The van der Waals surface area contributed by atoms with Gasteiger partial charge in [0.05, 0.1) is 23.0 Å². The third kappa shape index (κ3) is 5.57. The lowest BCUT2D eigenvalue weighted by molar-refractivity contribution is -0.123. The van der Waals surface area contributed by atoms with Crippen molar-refractivity contribution in [3.05, 3.63) is 109 Å². The van der Waals surface area contributed by atoms with Crippen molar-refractivity contribution in [3.8, 4) is 11.5 Å². The fourth-order valence-corrected chi connectivity index (χ4v) is 6.02. The summed E-state index contributed by atoms with van der Waals surface area (Å²) in [5.74, 6) is 0.651. The van der Waals surface area contributed by atoms with Gasteiger partial charge in [-0.15, -0.1) is 0 Å². The SMILES string of the molecule is COc1cc(/C=C2\SC(=O)N(Cc3ccc(Cl)cc3Cl)C2=O)cc(Br)c1OCc1cccc2ccccc12. The normalized spacial score (nSPS) is 14.5. The van der Waals surface area contributed by atoms with Gasteiger partial charge in [-0.1, -0.05) is 71.7 Å². The molecule has 0 bridgehead atoms. The third-order valence-corrected chi connectivity index (χ3v) is 8.10. The molecule has 1 aliphatic rings. The predicted molar refractivity (Wildman–Crippen MR) is 157 cm³/mol. The van der Waals surface area contributed by atoms with Gasteiger partial charge < -0.3 is 9.47 Å². The first-order valence-corrected chi connectivity index (χ1v) is 13.9. The van der Waals surface area contributed by atoms with Crippen LogP contribution < -0.4 is 9.47 Å². The number of thioether (sulfide) groups is 1. The molecular weight excluding hydrogens is 609 g/mol. The van der Waals surface area contributed by atoms with E-state index < -0.39 is 5.91 Å². The Bertz CT molecular complexity index is 1600. The second-order valence-electron chi connectivity index (χ2n) is 8.46. The number of carbonyl (C=O) groups excluding carboxylic acids is 2. The zero-order valence-electron chi connectivity index (χ0n) is 20.0. The summed E-state index contributed by atoms with van der Waals surface area (Å²) >= 11 is 16.7. The number of hydrogen-bond donors (Lipinski definition) is 0. The summed E-state index contributed by atoms with van der Waals surface area (Å²) < 4.78 is 12.4. The summed E-state index contributed by atoms with van der Waals surface area (Å²) in [6.45, 7) is 0.410. The minimum atomic E-state index is -0.391. The van der Waals surface area contributed by atoms with Crippen molar-refractivity contribution in [3.63, 3.8) is 0 Å². The van der Waals surface area contributed by atoms with Crippen LogP contribution in [-0.4, -0.2) is 23.2 Å². The number of methoxy groups -OCH3 is 1. The predicted octanol–water partition coefficient (Wildman–Crippen LogP) is 8.73. The highest BCUT2D eigenvalue weighted by Crippen LogP contribution is 2.40. The van der Waals surface area contributed by atoms with Crippen molar-refractivity contribution < 1.29 is 19.1 Å². The van der Waals surface area contributed by atoms with Crippen LogP contribution in [0.3, 0.4) is 0 Å². The highest BCUT2D eigenvalue weighted by Gasteiger charge is 2.35. The number of ether oxygens (including phenoxy) is 2. The molecule has 1 aliphatic heterocycles. The molecule has 0 unspecified atom stereocenters. The van der Waals surface area contributed by atoms with Crippen LogP contribution in [0.1, 0.15) is 16.7 Å². The number of fused-ring (bicyclic) bond motifs is 1. The maximum Gasteiger partial charge on any atom is 0.293 e. The highest BCUT2D eigenvalue weighted by atomic mass is 79.9. The summed E-state index contributed by atoms with van der Waals surface area (Å²) in [6.07, 6.45) is 1.66. The Morgan fingerprint density at radius 3 is 2.55 bits per heavy atom. The van der Waals surface area contributed by atoms with E-state index in [2.05, 4.69) is 34.1 Å². The van der Waals surface area contributed by atoms with Crippen molar-refractivity contribution in [2.75, 3.05) is 7.11 Å². The molecular formula is C29H20BrCl2NO4S. The highest BCUT2D eigenvalue weighted by molar-refractivity contribution is 9.10. The molecule has 5 nitrogen and oxygen atoms in total. The Kier molecular flexibility index (Phi) is 8.00. The molecule has 4 aromatic carbocycles. The molecule has 38 heavy (non-hydrogen) atoms. The summed E-state index contributed by atoms with van der Waals surface area (Å²) in [5, 5.41) is 2.78. The van der Waals surface area contributed by atoms with Crippen molar-refractivity contribution in [1.29, 1.82) is 0 Å². The van der Waals surface area contributed by atoms with Gasteiger partial charge in [-0.3, -0.25) is 14.5 Å². The van der Waals surface area contributed by atoms with E-state index in [1.807, 2.05) is 30.3 Å². The van der Waals surface area contributed by atoms with E-state index in [0.29, 0.717) is 48.7 Å². The molecule has 192 valence electrons. The first kappa shape index (κ1) is 26.6. The van der Waals surface area contributed by atoms with Crippen LogP contribution >= 0.6 is 50.9 Å². The van der Waals surface area contributed by atoms with Crippen LogP contribution in [0.2, 0.25) is 10.0 Å². The van der Waals surface area contributed by atoms with E-state index in [0.717, 1.165) is 28.1 Å². The quantitative estimate of drug-likeness (QED) is 0.192. The van der Waals surface area contributed by atoms with Crippen molar-refractivity contribution in [2.45, 2.75) is 13.2 Å². The molecule has 0 aliphatic carbocycles. The van der Waals surface area contributed by atoms with E-state index >= 15 is 0 Å². The molecule has 1 heterocycles. The lowest BCUT2D eigenvalue weighted by Crippen LogP contribution is -2.27. The average molecular weight is 629 g/mol. The van der Waals surface area contributed by atoms with Gasteiger partial charge in [0.25, 0.3) is 11.1 Å². The molecule has 9 heteroatoms. The van der Waals surface area contributed by atoms with Crippen molar-refractivity contribution in [1.82, 2.24) is 4.90 Å². The van der Waals surface area contributed by atoms with E-state index in [9.17, 15) is 9.59 Å². The van der Waals surface area contributed by atoms with Crippen LogP contribution in [0.4, 0.5) is 4.79 Å². The molecule has 2 amide bonds. The van der Waals surface area contributed by atoms with Crippen molar-refractivity contribution in [2.24, 2.45) is 0 Å². The summed E-state index contributed by atoms with van der Waals surface area (Å²) in [5.41, 5.74) is 2.37. The van der Waals surface area contributed by atoms with Gasteiger partial charge >= 0.3 is 0 Å². The molecule has 1 saturated heterocycles. The van der Waals surface area contributed by atoms with Crippen LogP contribution in [0.5, 0.6) is 11.5 Å². The molecule has 0 atom stereocenters. The maximum absolute atomic E-state index is 13.1. The molecule has 0 spiro atoms. The molecule has 0 saturated carbocycles. The zero-order chi connectivity index (χ0) is 26.8. The maximum atomic E-state index is 13.1. The first-order chi connectivity index (χ1) is 18.3. The lowest BCUT2D eigenvalue weighted by atomic mass is 10.1. The molecule has 0 radical (unpaired) electrons. The number of amides is 2. The van der Waals surface area contributed by atoms with Crippen LogP contribution in [0.25, 0.3) is 16.8 Å². The zero-order valence-corrected chi connectivity index (χ0v) is 24.0. The third-order valence-electron chi connectivity index (χ3n) is 6.02. The Morgan fingerprint density at radius 2 is 1.76 bits per heavy atom. The number of benzene rings is 4. The number of carbonyl (C=O) groups is 2. The monoisotopic (exact) mass is 627 g/mol. The Labute approximate surface area is 242 Å². The van der Waals surface area contributed by atoms with Gasteiger partial charge in [0, 0.05) is 10.0 Å². The topological polar surface area (TPSA) is 55.8 Å². The summed E-state index contributed by atoms with van der Waals surface area (Å²) in [4.78, 5) is 27.2. The van der Waals surface area contributed by atoms with Gasteiger partial charge in [-0.05, 0) is 85.5 Å². The Hall–Kier alpha value is -2.97. The fourth-order valence-electron chi connectivity index (χ4n) is 4.14. The average Bonchev–Trinajstić information content (AvgIpc) is 3.16. The van der Waals surface area contributed by atoms with Crippen LogP contribution in [0.15, 0.2) is 82.2 Å². The number of hydrogen-bond acceptors (Lipinski definition) is 5. The smallest absolute Gasteiger partial charge is 0.293 e. The largest absolute Gasteiger partial charge is 0.493 e. The van der Waals surface area contributed by atoms with Gasteiger partial charge in [-0.2, -0.15) is 0 Å². The van der Waals surface area contributed by atoms with E-state index in [1.54, 1.807) is 37.5 Å². The van der Waals surface area contributed by atoms with Gasteiger partial charge in [0.2, 0.25) is 0 Å². The standard InChI is InChI=1S/C29H20BrCl2NO4S/c1-36-25-12-17(11-23(30)27(25)37-16-20-7-4-6-18-5-2-3-8-22(18)20)13-26-28(34)33(29(35)38-26)15-19-9-10-21(31)14-24(19)32/h2-14H,15-16H2,1H3/b26-13-. The van der Waals surface area contributed by atoms with Crippen LogP contribution in [-0.2, 0) is 17.9 Å². The Balaban J connectivity index is 1.36. The number of nitrogens with zero attached hydrogens (tertiary/aromatic N) is 1. The molecule has 4 aromatic rings. The lowest BCUT2D eigenvalue weighted by Gasteiger charge is -2.15. The summed E-state index contributed by atoms with van der Waals surface area (Å²) in [7, 11) is 1.56. The van der Waals surface area contributed by atoms with Gasteiger partial charge in [0.1, 0.15) is 6.61 Å². The van der Waals surface area contributed by atoms with Gasteiger partial charge in [-0.25, -0.2) is 0 Å². The summed E-state index contributed by atoms with van der Waals surface area (Å²) in [6, 6.07) is 22.8. The second-order valence-corrected chi connectivity index (χ2v) is 11.2. The fraction of sp³-hybridized carbons (Fsp3) is 0.103. The van der Waals surface area contributed by atoms with E-state index in [1.165, 1.54) is 4.90 Å². The molecule has 5 rings (SSSR count). The molecule has 0 aromatic heterocycles. The van der Waals surface area contributed by atoms with E-state index in [-0.39, 0.29) is 11.8 Å². The van der Waals surface area contributed by atoms with Crippen molar-refractivity contribution >= 4 is 78.9 Å². The minimum absolute atomic E-state index is 0.0615. The molecule has 0 N–H and O–H groups in total. The van der Waals surface area contributed by atoms with E-state index in [4.69, 9.17) is 32.7 Å². The number of imide groups is 1. The minimum Gasteiger partial charge on any atom is -0.493 e. The molecule has 1 fully saturated rings. The Morgan fingerprint density at radius 1 is 0.974 bits per heavy atom. The second kappa shape index (κ2) is 11.4. The first-order valence-electron chi connectivity index (χ1n) is 11.5. The van der Waals surface area contributed by atoms with Gasteiger partial charge in [0.15, 0.2) is 11.5 Å². The number of rotatable bonds is 7. The number of halogens is 3. The van der Waals surface area contributed by atoms with Crippen LogP contribution in [0, 0.1) is 0 Å².